The fourth-order valence-electron chi connectivity index (χ4n) is 2.01. The number of hydrogen-bond acceptors (Lipinski definition) is 8. The number of aromatic hydroxyl groups is 1. The summed E-state index contributed by atoms with van der Waals surface area (Å²) >= 11 is 2.80. The molecule has 0 saturated carbocycles. The molecule has 0 aliphatic heterocycles. The van der Waals surface area contributed by atoms with Gasteiger partial charge >= 0.3 is 0 Å². The molecule has 0 spiro atoms. The number of amides is 1. The third kappa shape index (κ3) is 4.35. The Morgan fingerprint density at radius 3 is 2.96 bits per heavy atom. The fourth-order valence-corrected chi connectivity index (χ4v) is 3.87. The lowest BCUT2D eigenvalue weighted by Gasteiger charge is -2.00. The number of nitro groups is 1. The second-order valence-corrected chi connectivity index (χ2v) is 7.28. The van der Waals surface area contributed by atoms with Crippen molar-refractivity contribution in [3.63, 3.8) is 0 Å². The Hall–Kier alpha value is -2.98. The number of fused-ring (bicyclic) bond motifs is 1. The number of thioether (sulfide) groups is 1. The number of para-hydroxylation sites is 1. The summed E-state index contributed by atoms with van der Waals surface area (Å²) in [4.78, 5) is 26.4. The molecule has 0 fully saturated rings. The molecule has 0 atom stereocenters. The minimum Gasteiger partial charge on any atom is -0.507 e. The third-order valence-corrected chi connectivity index (χ3v) is 5.40. The van der Waals surface area contributed by atoms with Gasteiger partial charge in [-0.05, 0) is 18.2 Å². The van der Waals surface area contributed by atoms with E-state index in [1.54, 1.807) is 0 Å². The zero-order chi connectivity index (χ0) is 18.5. The van der Waals surface area contributed by atoms with Gasteiger partial charge in [-0.25, -0.2) is 10.4 Å². The molecule has 0 bridgehead atoms. The standard InChI is InChI=1S/C16H12N4O4S2/c21-13-6-5-11(20(23)24)7-10(13)8-17-19-15(22)9-25-16-18-12-3-1-2-4-14(12)26-16/h1-8,21H,9H2,(H,19,22)/b17-8-. The van der Waals surface area contributed by atoms with Crippen LogP contribution in [0.25, 0.3) is 10.2 Å². The van der Waals surface area contributed by atoms with Gasteiger partial charge < -0.3 is 5.11 Å². The number of phenols is 1. The highest BCUT2D eigenvalue weighted by atomic mass is 32.2. The molecule has 26 heavy (non-hydrogen) atoms. The summed E-state index contributed by atoms with van der Waals surface area (Å²) in [5.74, 6) is -0.397. The molecule has 1 aromatic heterocycles. The molecule has 132 valence electrons. The van der Waals surface area contributed by atoms with Crippen molar-refractivity contribution in [2.24, 2.45) is 5.10 Å². The maximum Gasteiger partial charge on any atom is 0.270 e. The number of benzene rings is 2. The molecule has 0 aliphatic carbocycles. The summed E-state index contributed by atoms with van der Waals surface area (Å²) in [5, 5.41) is 24.1. The minimum absolute atomic E-state index is 0.123. The van der Waals surface area contributed by atoms with Crippen LogP contribution in [0.1, 0.15) is 5.56 Å². The van der Waals surface area contributed by atoms with Crippen LogP contribution in [-0.2, 0) is 4.79 Å². The number of carbonyl (C=O) groups excluding carboxylic acids is 1. The van der Waals surface area contributed by atoms with E-state index in [4.69, 9.17) is 0 Å². The van der Waals surface area contributed by atoms with Crippen LogP contribution in [0, 0.1) is 10.1 Å². The van der Waals surface area contributed by atoms with E-state index in [-0.39, 0.29) is 28.7 Å². The Balaban J connectivity index is 1.56. The highest BCUT2D eigenvalue weighted by Gasteiger charge is 2.09. The zero-order valence-electron chi connectivity index (χ0n) is 13.2. The van der Waals surface area contributed by atoms with E-state index in [0.717, 1.165) is 20.8 Å². The highest BCUT2D eigenvalue weighted by molar-refractivity contribution is 8.01. The molecule has 0 radical (unpaired) electrons. The van der Waals surface area contributed by atoms with Gasteiger partial charge in [0.2, 0.25) is 0 Å². The van der Waals surface area contributed by atoms with E-state index in [0.29, 0.717) is 0 Å². The van der Waals surface area contributed by atoms with Crippen LogP contribution in [0.4, 0.5) is 5.69 Å². The van der Waals surface area contributed by atoms with Crippen molar-refractivity contribution in [1.82, 2.24) is 10.4 Å². The third-order valence-electron chi connectivity index (χ3n) is 3.22. The molecule has 0 aliphatic rings. The first-order valence-electron chi connectivity index (χ1n) is 7.30. The number of carbonyl (C=O) groups is 1. The van der Waals surface area contributed by atoms with Crippen LogP contribution in [-0.4, -0.2) is 32.9 Å². The Morgan fingerprint density at radius 1 is 1.38 bits per heavy atom. The molecule has 2 aromatic carbocycles. The number of hydrazone groups is 1. The van der Waals surface area contributed by atoms with Crippen LogP contribution in [0.2, 0.25) is 0 Å². The number of nitro benzene ring substituents is 1. The second kappa shape index (κ2) is 7.93. The van der Waals surface area contributed by atoms with Gasteiger partial charge in [0.1, 0.15) is 5.75 Å². The predicted molar refractivity (Wildman–Crippen MR) is 101 cm³/mol. The van der Waals surface area contributed by atoms with Gasteiger partial charge in [0.15, 0.2) is 4.34 Å². The first kappa shape index (κ1) is 17.8. The molecule has 8 nitrogen and oxygen atoms in total. The lowest BCUT2D eigenvalue weighted by Crippen LogP contribution is -2.19. The summed E-state index contributed by atoms with van der Waals surface area (Å²) in [7, 11) is 0. The second-order valence-electron chi connectivity index (χ2n) is 5.03. The van der Waals surface area contributed by atoms with Crippen molar-refractivity contribution in [2.75, 3.05) is 5.75 Å². The minimum atomic E-state index is -0.579. The number of nitrogens with zero attached hydrogens (tertiary/aromatic N) is 3. The first-order chi connectivity index (χ1) is 12.5. The number of non-ortho nitro benzene ring substituents is 1. The van der Waals surface area contributed by atoms with Crippen molar-refractivity contribution in [1.29, 1.82) is 0 Å². The largest absolute Gasteiger partial charge is 0.507 e. The van der Waals surface area contributed by atoms with Crippen LogP contribution in [0.5, 0.6) is 5.75 Å². The van der Waals surface area contributed by atoms with Crippen molar-refractivity contribution in [3.05, 3.63) is 58.1 Å². The van der Waals surface area contributed by atoms with Crippen molar-refractivity contribution in [3.8, 4) is 5.75 Å². The average molecular weight is 388 g/mol. The number of aromatic nitrogens is 1. The maximum atomic E-state index is 11.8. The normalized spacial score (nSPS) is 11.1. The number of thiazole rings is 1. The number of rotatable bonds is 6. The van der Waals surface area contributed by atoms with Crippen molar-refractivity contribution in [2.45, 2.75) is 4.34 Å². The molecular weight excluding hydrogens is 376 g/mol. The van der Waals surface area contributed by atoms with E-state index in [1.807, 2.05) is 24.3 Å². The van der Waals surface area contributed by atoms with Crippen LogP contribution >= 0.6 is 23.1 Å². The topological polar surface area (TPSA) is 118 Å². The van der Waals surface area contributed by atoms with Gasteiger partial charge in [-0.1, -0.05) is 23.9 Å². The molecule has 3 rings (SSSR count). The maximum absolute atomic E-state index is 11.8. The van der Waals surface area contributed by atoms with Crippen LogP contribution < -0.4 is 5.43 Å². The van der Waals surface area contributed by atoms with E-state index >= 15 is 0 Å². The highest BCUT2D eigenvalue weighted by Crippen LogP contribution is 2.29. The molecule has 1 amide bonds. The predicted octanol–water partition coefficient (Wildman–Crippen LogP) is 3.15. The molecule has 0 unspecified atom stereocenters. The molecule has 1 heterocycles. The van der Waals surface area contributed by atoms with Gasteiger partial charge in [-0.15, -0.1) is 11.3 Å². The van der Waals surface area contributed by atoms with Gasteiger partial charge in [0.05, 0.1) is 27.1 Å². The van der Waals surface area contributed by atoms with E-state index < -0.39 is 4.92 Å². The molecule has 0 saturated heterocycles. The monoisotopic (exact) mass is 388 g/mol. The van der Waals surface area contributed by atoms with E-state index in [9.17, 15) is 20.0 Å². The molecule has 10 heteroatoms. The Morgan fingerprint density at radius 2 is 2.19 bits per heavy atom. The van der Waals surface area contributed by atoms with Crippen LogP contribution in [0.3, 0.4) is 0 Å². The smallest absolute Gasteiger partial charge is 0.270 e. The Labute approximate surface area is 155 Å². The number of phenolic OH excluding ortho intramolecular Hbond substituents is 1. The summed E-state index contributed by atoms with van der Waals surface area (Å²) in [6, 6.07) is 11.3. The van der Waals surface area contributed by atoms with Crippen molar-refractivity contribution >= 4 is 51.1 Å². The van der Waals surface area contributed by atoms with Gasteiger partial charge in [-0.3, -0.25) is 14.9 Å². The lowest BCUT2D eigenvalue weighted by atomic mass is 10.2. The molecular formula is C16H12N4O4S2. The zero-order valence-corrected chi connectivity index (χ0v) is 14.8. The lowest BCUT2D eigenvalue weighted by molar-refractivity contribution is -0.384. The van der Waals surface area contributed by atoms with Crippen LogP contribution in [0.15, 0.2) is 51.9 Å². The average Bonchev–Trinajstić information content (AvgIpc) is 3.04. The molecule has 2 N–H and O–H groups in total. The Kier molecular flexibility index (Phi) is 5.44. The number of nitrogens with one attached hydrogen (secondary N) is 1. The molecule has 3 aromatic rings. The van der Waals surface area contributed by atoms with Gasteiger partial charge in [-0.2, -0.15) is 5.10 Å². The summed E-state index contributed by atoms with van der Waals surface area (Å²) in [6.45, 7) is 0. The van der Waals surface area contributed by atoms with E-state index in [1.165, 1.54) is 41.3 Å². The first-order valence-corrected chi connectivity index (χ1v) is 9.11. The number of hydrogen-bond donors (Lipinski definition) is 2. The summed E-state index contributed by atoms with van der Waals surface area (Å²) < 4.78 is 1.83. The van der Waals surface area contributed by atoms with Gasteiger partial charge in [0.25, 0.3) is 11.6 Å². The SMILES string of the molecule is O=C(CSc1nc2ccccc2s1)N/N=C\c1cc([N+](=O)[O-])ccc1O. The Bertz CT molecular complexity index is 970. The summed E-state index contributed by atoms with van der Waals surface area (Å²) in [5.41, 5.74) is 3.16. The van der Waals surface area contributed by atoms with E-state index in [2.05, 4.69) is 15.5 Å². The quantitative estimate of drug-likeness (QED) is 0.290. The fraction of sp³-hybridized carbons (Fsp3) is 0.0625. The van der Waals surface area contributed by atoms with Gasteiger partial charge in [0, 0.05) is 17.7 Å². The van der Waals surface area contributed by atoms with Crippen molar-refractivity contribution < 1.29 is 14.8 Å². The summed E-state index contributed by atoms with van der Waals surface area (Å²) in [6.07, 6.45) is 1.16.